The molecule has 0 bridgehead atoms. The van der Waals surface area contributed by atoms with Gasteiger partial charge in [0.05, 0.1) is 12.2 Å². The van der Waals surface area contributed by atoms with Crippen LogP contribution in [0.1, 0.15) is 47.6 Å². The molecule has 1 fully saturated rings. The molecule has 1 unspecified atom stereocenters. The lowest BCUT2D eigenvalue weighted by molar-refractivity contribution is 0.102. The molecule has 0 saturated heterocycles. The first-order valence-electron chi connectivity index (χ1n) is 7.85. The Hall–Kier alpha value is -2.15. The van der Waals surface area contributed by atoms with Crippen molar-refractivity contribution in [1.82, 2.24) is 25.3 Å². The molecule has 0 spiro atoms. The Morgan fingerprint density at radius 2 is 2.36 bits per heavy atom. The van der Waals surface area contributed by atoms with E-state index in [4.69, 9.17) is 0 Å². The number of aromatic nitrogens is 4. The lowest BCUT2D eigenvalue weighted by Crippen LogP contribution is -2.26. The number of fused-ring (bicyclic) bond motifs is 1. The van der Waals surface area contributed by atoms with Gasteiger partial charge < -0.3 is 10.6 Å². The van der Waals surface area contributed by atoms with Crippen LogP contribution >= 0.6 is 0 Å². The zero-order chi connectivity index (χ0) is 15.1. The molecule has 2 aromatic rings. The average molecular weight is 300 g/mol. The third kappa shape index (κ3) is 2.31. The molecule has 3 heterocycles. The van der Waals surface area contributed by atoms with E-state index in [1.54, 1.807) is 6.20 Å². The molecular formula is C15H20N6O. The standard InChI is InChI=1S/C15H20N6O/c1-9(10-2-3-10)21-13(5-7-17-21)18-15(22)14-11-8-16-6-4-12(11)19-20-14/h5,7,9-10,16H,2-4,6,8H2,1H3,(H,18,22)(H,19,20). The third-order valence-corrected chi connectivity index (χ3v) is 4.62. The summed E-state index contributed by atoms with van der Waals surface area (Å²) in [5.41, 5.74) is 2.52. The molecule has 0 radical (unpaired) electrons. The summed E-state index contributed by atoms with van der Waals surface area (Å²) in [6.45, 7) is 3.76. The fraction of sp³-hybridized carbons (Fsp3) is 0.533. The van der Waals surface area contributed by atoms with E-state index in [0.717, 1.165) is 30.0 Å². The van der Waals surface area contributed by atoms with Crippen molar-refractivity contribution < 1.29 is 4.79 Å². The Labute approximate surface area is 128 Å². The number of carbonyl (C=O) groups excluding carboxylic acids is 1. The minimum atomic E-state index is -0.175. The third-order valence-electron chi connectivity index (χ3n) is 4.62. The summed E-state index contributed by atoms with van der Waals surface area (Å²) in [5, 5.41) is 17.8. The largest absolute Gasteiger partial charge is 0.312 e. The predicted octanol–water partition coefficient (Wildman–Crippen LogP) is 1.48. The molecular weight excluding hydrogens is 280 g/mol. The van der Waals surface area contributed by atoms with Gasteiger partial charge in [0.2, 0.25) is 0 Å². The molecule has 1 aliphatic carbocycles. The summed E-state index contributed by atoms with van der Waals surface area (Å²) < 4.78 is 1.91. The Balaban J connectivity index is 1.55. The van der Waals surface area contributed by atoms with Gasteiger partial charge in [-0.1, -0.05) is 0 Å². The molecule has 1 saturated carbocycles. The minimum Gasteiger partial charge on any atom is -0.312 e. The number of nitrogens with one attached hydrogen (secondary N) is 3. The smallest absolute Gasteiger partial charge is 0.277 e. The molecule has 0 aromatic carbocycles. The van der Waals surface area contributed by atoms with E-state index < -0.39 is 0 Å². The highest BCUT2D eigenvalue weighted by Gasteiger charge is 2.31. The quantitative estimate of drug-likeness (QED) is 0.798. The molecule has 4 rings (SSSR count). The molecule has 1 atom stereocenters. The van der Waals surface area contributed by atoms with Gasteiger partial charge in [0.1, 0.15) is 5.82 Å². The highest BCUT2D eigenvalue weighted by atomic mass is 16.2. The SMILES string of the molecule is CC(C1CC1)n1nccc1NC(=O)c1n[nH]c2c1CNCC2. The number of H-pyrrole nitrogens is 1. The number of amides is 1. The number of aromatic amines is 1. The summed E-state index contributed by atoms with van der Waals surface area (Å²) >= 11 is 0. The Morgan fingerprint density at radius 3 is 3.18 bits per heavy atom. The van der Waals surface area contributed by atoms with Gasteiger partial charge in [-0.05, 0) is 25.7 Å². The van der Waals surface area contributed by atoms with E-state index in [2.05, 4.69) is 32.9 Å². The molecule has 2 aliphatic rings. The monoisotopic (exact) mass is 300 g/mol. The van der Waals surface area contributed by atoms with Gasteiger partial charge in [-0.2, -0.15) is 10.2 Å². The molecule has 1 aliphatic heterocycles. The van der Waals surface area contributed by atoms with E-state index in [1.807, 2.05) is 10.7 Å². The molecule has 7 heteroatoms. The van der Waals surface area contributed by atoms with Crippen molar-refractivity contribution >= 4 is 11.7 Å². The Bertz CT molecular complexity index is 699. The zero-order valence-electron chi connectivity index (χ0n) is 12.6. The van der Waals surface area contributed by atoms with Crippen molar-refractivity contribution in [3.8, 4) is 0 Å². The van der Waals surface area contributed by atoms with Crippen molar-refractivity contribution in [2.75, 3.05) is 11.9 Å². The van der Waals surface area contributed by atoms with Gasteiger partial charge >= 0.3 is 0 Å². The van der Waals surface area contributed by atoms with Gasteiger partial charge in [-0.3, -0.25) is 9.89 Å². The fourth-order valence-corrected chi connectivity index (χ4v) is 3.10. The van der Waals surface area contributed by atoms with Gasteiger partial charge in [-0.25, -0.2) is 4.68 Å². The van der Waals surface area contributed by atoms with E-state index in [9.17, 15) is 4.79 Å². The molecule has 1 amide bonds. The zero-order valence-corrected chi connectivity index (χ0v) is 12.6. The van der Waals surface area contributed by atoms with Crippen LogP contribution in [0.3, 0.4) is 0 Å². The second kappa shape index (κ2) is 5.24. The summed E-state index contributed by atoms with van der Waals surface area (Å²) in [7, 11) is 0. The van der Waals surface area contributed by atoms with E-state index >= 15 is 0 Å². The van der Waals surface area contributed by atoms with Gasteiger partial charge in [0, 0.05) is 36.8 Å². The van der Waals surface area contributed by atoms with Crippen LogP contribution in [-0.2, 0) is 13.0 Å². The fourth-order valence-electron chi connectivity index (χ4n) is 3.10. The second-order valence-corrected chi connectivity index (χ2v) is 6.15. The molecule has 22 heavy (non-hydrogen) atoms. The van der Waals surface area contributed by atoms with Crippen molar-refractivity contribution in [2.24, 2.45) is 5.92 Å². The second-order valence-electron chi connectivity index (χ2n) is 6.15. The maximum absolute atomic E-state index is 12.5. The average Bonchev–Trinajstić information content (AvgIpc) is 3.13. The molecule has 3 N–H and O–H groups in total. The Morgan fingerprint density at radius 1 is 1.50 bits per heavy atom. The topological polar surface area (TPSA) is 87.6 Å². The van der Waals surface area contributed by atoms with Crippen molar-refractivity contribution in [3.63, 3.8) is 0 Å². The number of rotatable bonds is 4. The lowest BCUT2D eigenvalue weighted by atomic mass is 10.1. The van der Waals surface area contributed by atoms with Crippen LogP contribution in [0, 0.1) is 5.92 Å². The number of hydrogen-bond donors (Lipinski definition) is 3. The van der Waals surface area contributed by atoms with Gasteiger partial charge in [-0.15, -0.1) is 0 Å². The molecule has 2 aromatic heterocycles. The van der Waals surface area contributed by atoms with Crippen LogP contribution in [0.15, 0.2) is 12.3 Å². The van der Waals surface area contributed by atoms with Crippen molar-refractivity contribution in [2.45, 2.75) is 38.8 Å². The van der Waals surface area contributed by atoms with Crippen LogP contribution in [0.2, 0.25) is 0 Å². The van der Waals surface area contributed by atoms with Crippen LogP contribution in [-0.4, -0.2) is 32.4 Å². The number of hydrogen-bond acceptors (Lipinski definition) is 4. The van der Waals surface area contributed by atoms with Crippen LogP contribution in [0.25, 0.3) is 0 Å². The maximum atomic E-state index is 12.5. The highest BCUT2D eigenvalue weighted by Crippen LogP contribution is 2.40. The predicted molar refractivity (Wildman–Crippen MR) is 81.6 cm³/mol. The number of nitrogens with zero attached hydrogens (tertiary/aromatic N) is 3. The first-order valence-corrected chi connectivity index (χ1v) is 7.85. The Kier molecular flexibility index (Phi) is 3.22. The van der Waals surface area contributed by atoms with Gasteiger partial charge in [0.15, 0.2) is 5.69 Å². The molecule has 116 valence electrons. The lowest BCUT2D eigenvalue weighted by Gasteiger charge is -2.16. The normalized spacial score (nSPS) is 18.8. The molecule has 7 nitrogen and oxygen atoms in total. The van der Waals surface area contributed by atoms with Crippen molar-refractivity contribution in [1.29, 1.82) is 0 Å². The maximum Gasteiger partial charge on any atom is 0.277 e. The van der Waals surface area contributed by atoms with E-state index in [0.29, 0.717) is 24.2 Å². The number of carbonyl (C=O) groups is 1. The summed E-state index contributed by atoms with van der Waals surface area (Å²) in [6.07, 6.45) is 5.10. The highest BCUT2D eigenvalue weighted by molar-refractivity contribution is 6.03. The summed E-state index contributed by atoms with van der Waals surface area (Å²) in [6, 6.07) is 2.16. The summed E-state index contributed by atoms with van der Waals surface area (Å²) in [5.74, 6) is 1.24. The first kappa shape index (κ1) is 13.5. The van der Waals surface area contributed by atoms with E-state index in [-0.39, 0.29) is 5.91 Å². The summed E-state index contributed by atoms with van der Waals surface area (Å²) in [4.78, 5) is 12.5. The first-order chi connectivity index (χ1) is 10.7. The van der Waals surface area contributed by atoms with E-state index in [1.165, 1.54) is 12.8 Å². The van der Waals surface area contributed by atoms with Gasteiger partial charge in [0.25, 0.3) is 5.91 Å². The number of anilines is 1. The van der Waals surface area contributed by atoms with Crippen LogP contribution in [0.5, 0.6) is 0 Å². The minimum absolute atomic E-state index is 0.175. The van der Waals surface area contributed by atoms with Crippen LogP contribution in [0.4, 0.5) is 5.82 Å². The van der Waals surface area contributed by atoms with Crippen LogP contribution < -0.4 is 10.6 Å². The van der Waals surface area contributed by atoms with Crippen molar-refractivity contribution in [3.05, 3.63) is 29.2 Å².